The van der Waals surface area contributed by atoms with Crippen LogP contribution in [0.2, 0.25) is 0 Å². The van der Waals surface area contributed by atoms with Crippen molar-refractivity contribution in [2.45, 2.75) is 25.6 Å². The number of thioether (sulfide) groups is 1. The minimum atomic E-state index is -0.110. The van der Waals surface area contributed by atoms with Crippen molar-refractivity contribution in [1.29, 1.82) is 0 Å². The van der Waals surface area contributed by atoms with Gasteiger partial charge in [-0.3, -0.25) is 9.36 Å². The number of benzene rings is 2. The van der Waals surface area contributed by atoms with E-state index in [1.807, 2.05) is 60.9 Å². The molecule has 0 saturated heterocycles. The number of aromatic nitrogens is 3. The normalized spacial score (nSPS) is 10.9. The van der Waals surface area contributed by atoms with E-state index >= 15 is 0 Å². The summed E-state index contributed by atoms with van der Waals surface area (Å²) >= 11 is 4.81. The van der Waals surface area contributed by atoms with Gasteiger partial charge in [0.2, 0.25) is 5.91 Å². The number of nitrogens with zero attached hydrogens (tertiary/aromatic N) is 3. The van der Waals surface area contributed by atoms with E-state index in [1.165, 1.54) is 17.3 Å². The molecule has 6 nitrogen and oxygen atoms in total. The molecule has 1 aromatic heterocycles. The van der Waals surface area contributed by atoms with Gasteiger partial charge in [0.25, 0.3) is 0 Å². The van der Waals surface area contributed by atoms with Crippen LogP contribution in [0.1, 0.15) is 17.0 Å². The second kappa shape index (κ2) is 9.36. The molecule has 0 aliphatic heterocycles. The summed E-state index contributed by atoms with van der Waals surface area (Å²) in [5.41, 5.74) is 3.97. The lowest BCUT2D eigenvalue weighted by molar-refractivity contribution is -0.113. The maximum Gasteiger partial charge on any atom is 0.234 e. The Morgan fingerprint density at radius 1 is 1.14 bits per heavy atom. The predicted molar refractivity (Wildman–Crippen MR) is 115 cm³/mol. The van der Waals surface area contributed by atoms with Crippen molar-refractivity contribution in [3.8, 4) is 5.69 Å². The molecule has 1 N–H and O–H groups in total. The van der Waals surface area contributed by atoms with E-state index in [-0.39, 0.29) is 11.7 Å². The van der Waals surface area contributed by atoms with E-state index in [2.05, 4.69) is 31.4 Å². The van der Waals surface area contributed by atoms with Crippen molar-refractivity contribution >= 4 is 39.3 Å². The molecular formula is C20H21BrN4O2S. The predicted octanol–water partition coefficient (Wildman–Crippen LogP) is 4.52. The second-order valence-electron chi connectivity index (χ2n) is 6.32. The monoisotopic (exact) mass is 460 g/mol. The van der Waals surface area contributed by atoms with E-state index in [1.54, 1.807) is 7.11 Å². The van der Waals surface area contributed by atoms with Gasteiger partial charge in [0.05, 0.1) is 11.4 Å². The average molecular weight is 461 g/mol. The van der Waals surface area contributed by atoms with Crippen LogP contribution in [0.3, 0.4) is 0 Å². The van der Waals surface area contributed by atoms with E-state index in [0.29, 0.717) is 17.6 Å². The van der Waals surface area contributed by atoms with Gasteiger partial charge in [0.1, 0.15) is 6.61 Å². The molecule has 8 heteroatoms. The SMILES string of the molecule is COCc1nnc(SCC(=O)Nc2ccc(C)cc2Br)n1-c1ccc(C)cc1. The van der Waals surface area contributed by atoms with Gasteiger partial charge in [-0.05, 0) is 59.6 Å². The molecule has 0 fully saturated rings. The fourth-order valence-electron chi connectivity index (χ4n) is 2.61. The quantitative estimate of drug-likeness (QED) is 0.524. The van der Waals surface area contributed by atoms with E-state index in [0.717, 1.165) is 21.4 Å². The maximum atomic E-state index is 12.4. The van der Waals surface area contributed by atoms with Gasteiger partial charge in [-0.15, -0.1) is 10.2 Å². The fraction of sp³-hybridized carbons (Fsp3) is 0.250. The zero-order chi connectivity index (χ0) is 20.1. The fourth-order valence-corrected chi connectivity index (χ4v) is 3.97. The van der Waals surface area contributed by atoms with E-state index < -0.39 is 0 Å². The number of halogens is 1. The molecule has 0 spiro atoms. The third-order valence-electron chi connectivity index (χ3n) is 4.00. The van der Waals surface area contributed by atoms with Gasteiger partial charge in [-0.1, -0.05) is 35.5 Å². The lowest BCUT2D eigenvalue weighted by Gasteiger charge is -2.11. The van der Waals surface area contributed by atoms with E-state index in [9.17, 15) is 4.79 Å². The summed E-state index contributed by atoms with van der Waals surface area (Å²) in [5, 5.41) is 12.0. The Morgan fingerprint density at radius 2 is 1.86 bits per heavy atom. The molecule has 0 radical (unpaired) electrons. The number of carbonyl (C=O) groups is 1. The Bertz CT molecular complexity index is 973. The largest absolute Gasteiger partial charge is 0.377 e. The van der Waals surface area contributed by atoms with Crippen LogP contribution in [0.5, 0.6) is 0 Å². The molecule has 1 amide bonds. The third-order valence-corrected chi connectivity index (χ3v) is 5.58. The molecule has 0 unspecified atom stereocenters. The summed E-state index contributed by atoms with van der Waals surface area (Å²) < 4.78 is 8.01. The van der Waals surface area contributed by atoms with Crippen molar-refractivity contribution in [3.05, 3.63) is 63.9 Å². The summed E-state index contributed by atoms with van der Waals surface area (Å²) in [7, 11) is 1.62. The van der Waals surface area contributed by atoms with Crippen LogP contribution in [-0.4, -0.2) is 33.5 Å². The molecule has 2 aromatic carbocycles. The van der Waals surface area contributed by atoms with Crippen molar-refractivity contribution in [1.82, 2.24) is 14.8 Å². The second-order valence-corrected chi connectivity index (χ2v) is 8.12. The number of anilines is 1. The summed E-state index contributed by atoms with van der Waals surface area (Å²) in [6.45, 7) is 4.38. The Balaban J connectivity index is 1.75. The zero-order valence-electron chi connectivity index (χ0n) is 15.9. The highest BCUT2D eigenvalue weighted by Crippen LogP contribution is 2.25. The topological polar surface area (TPSA) is 69.0 Å². The molecule has 0 saturated carbocycles. The summed E-state index contributed by atoms with van der Waals surface area (Å²) in [4.78, 5) is 12.4. The van der Waals surface area contributed by atoms with Crippen LogP contribution in [0, 0.1) is 13.8 Å². The molecule has 0 bridgehead atoms. The van der Waals surface area contributed by atoms with Crippen LogP contribution < -0.4 is 5.32 Å². The van der Waals surface area contributed by atoms with Crippen LogP contribution in [0.15, 0.2) is 52.1 Å². The van der Waals surface area contributed by atoms with Crippen molar-refractivity contribution in [2.75, 3.05) is 18.2 Å². The lowest BCUT2D eigenvalue weighted by Crippen LogP contribution is -2.15. The first-order valence-electron chi connectivity index (χ1n) is 8.67. The van der Waals surface area contributed by atoms with Crippen molar-refractivity contribution in [3.63, 3.8) is 0 Å². The van der Waals surface area contributed by atoms with Gasteiger partial charge >= 0.3 is 0 Å². The molecule has 3 aromatic rings. The third kappa shape index (κ3) is 5.01. The Morgan fingerprint density at radius 3 is 2.54 bits per heavy atom. The summed E-state index contributed by atoms with van der Waals surface area (Å²) in [5.74, 6) is 0.800. The Hall–Kier alpha value is -2.16. The van der Waals surface area contributed by atoms with Crippen LogP contribution >= 0.6 is 27.7 Å². The number of hydrogen-bond donors (Lipinski definition) is 1. The van der Waals surface area contributed by atoms with Crippen molar-refractivity contribution < 1.29 is 9.53 Å². The Kier molecular flexibility index (Phi) is 6.88. The highest BCUT2D eigenvalue weighted by Gasteiger charge is 2.16. The van der Waals surface area contributed by atoms with Gasteiger partial charge in [0.15, 0.2) is 11.0 Å². The molecule has 0 atom stereocenters. The molecule has 0 aliphatic rings. The number of carbonyl (C=O) groups excluding carboxylic acids is 1. The van der Waals surface area contributed by atoms with E-state index in [4.69, 9.17) is 4.74 Å². The maximum absolute atomic E-state index is 12.4. The smallest absolute Gasteiger partial charge is 0.234 e. The highest BCUT2D eigenvalue weighted by molar-refractivity contribution is 9.10. The molecule has 146 valence electrons. The molecule has 28 heavy (non-hydrogen) atoms. The summed E-state index contributed by atoms with van der Waals surface area (Å²) in [6, 6.07) is 13.9. The first-order valence-corrected chi connectivity index (χ1v) is 10.4. The number of hydrogen-bond acceptors (Lipinski definition) is 5. The standard InChI is InChI=1S/C20H21BrN4O2S/c1-13-4-7-15(8-5-13)25-18(11-27-3)23-24-20(25)28-12-19(26)22-17-9-6-14(2)10-16(17)21/h4-10H,11-12H2,1-3H3,(H,22,26). The van der Waals surface area contributed by atoms with Gasteiger partial charge < -0.3 is 10.1 Å². The first kappa shape index (κ1) is 20.6. The molecule has 0 aliphatic carbocycles. The number of amides is 1. The molecule has 1 heterocycles. The van der Waals surface area contributed by atoms with Gasteiger partial charge in [-0.25, -0.2) is 0 Å². The number of rotatable bonds is 7. The van der Waals surface area contributed by atoms with Gasteiger partial charge in [-0.2, -0.15) is 0 Å². The first-order chi connectivity index (χ1) is 13.5. The van der Waals surface area contributed by atoms with Gasteiger partial charge in [0, 0.05) is 17.3 Å². The molecular weight excluding hydrogens is 440 g/mol. The lowest BCUT2D eigenvalue weighted by atomic mass is 10.2. The zero-order valence-corrected chi connectivity index (χ0v) is 18.3. The van der Waals surface area contributed by atoms with Crippen LogP contribution in [0.4, 0.5) is 5.69 Å². The van der Waals surface area contributed by atoms with Crippen molar-refractivity contribution in [2.24, 2.45) is 0 Å². The summed E-state index contributed by atoms with van der Waals surface area (Å²) in [6.07, 6.45) is 0. The number of aryl methyl sites for hydroxylation is 2. The average Bonchev–Trinajstić information content (AvgIpc) is 3.06. The minimum Gasteiger partial charge on any atom is -0.377 e. The molecule has 3 rings (SSSR count). The number of methoxy groups -OCH3 is 1. The van der Waals surface area contributed by atoms with Crippen LogP contribution in [-0.2, 0) is 16.1 Å². The number of nitrogens with one attached hydrogen (secondary N) is 1. The van der Waals surface area contributed by atoms with Crippen LogP contribution in [0.25, 0.3) is 5.69 Å². The highest BCUT2D eigenvalue weighted by atomic mass is 79.9. The Labute approximate surface area is 176 Å². The number of ether oxygens (including phenoxy) is 1. The minimum absolute atomic E-state index is 0.110.